The van der Waals surface area contributed by atoms with Crippen LogP contribution >= 0.6 is 22.6 Å². The number of alkyl halides is 5. The first kappa shape index (κ1) is 13.4. The SMILES string of the molecule is Cc1ncc(I)c(OC(F)(F)F)c1C(F)F. The van der Waals surface area contributed by atoms with Crippen molar-refractivity contribution in [1.82, 2.24) is 4.98 Å². The van der Waals surface area contributed by atoms with E-state index >= 15 is 0 Å². The van der Waals surface area contributed by atoms with E-state index in [1.165, 1.54) is 29.5 Å². The Morgan fingerprint density at radius 1 is 1.38 bits per heavy atom. The summed E-state index contributed by atoms with van der Waals surface area (Å²) in [5.74, 6) is -0.879. The molecule has 0 spiro atoms. The normalized spacial score (nSPS) is 12.0. The van der Waals surface area contributed by atoms with Crippen molar-refractivity contribution >= 4 is 22.6 Å². The van der Waals surface area contributed by atoms with Gasteiger partial charge in [0.2, 0.25) is 0 Å². The first-order valence-corrected chi connectivity index (χ1v) is 4.99. The zero-order valence-electron chi connectivity index (χ0n) is 7.78. The Labute approximate surface area is 101 Å². The monoisotopic (exact) mass is 353 g/mol. The van der Waals surface area contributed by atoms with Crippen LogP contribution in [0, 0.1) is 10.5 Å². The van der Waals surface area contributed by atoms with E-state index in [9.17, 15) is 22.0 Å². The van der Waals surface area contributed by atoms with E-state index in [0.717, 1.165) is 6.20 Å². The van der Waals surface area contributed by atoms with E-state index < -0.39 is 24.1 Å². The first-order chi connectivity index (χ1) is 7.22. The molecule has 0 aliphatic carbocycles. The highest BCUT2D eigenvalue weighted by molar-refractivity contribution is 14.1. The molecule has 0 amide bonds. The standard InChI is InChI=1S/C8H5F5INO/c1-3-5(7(9)10)6(4(14)2-15-3)16-8(11,12)13/h2,7H,1H3. The van der Waals surface area contributed by atoms with Crippen molar-refractivity contribution in [2.75, 3.05) is 0 Å². The van der Waals surface area contributed by atoms with Crippen molar-refractivity contribution in [1.29, 1.82) is 0 Å². The summed E-state index contributed by atoms with van der Waals surface area (Å²) in [4.78, 5) is 3.56. The van der Waals surface area contributed by atoms with Crippen LogP contribution in [-0.4, -0.2) is 11.3 Å². The van der Waals surface area contributed by atoms with E-state index in [0.29, 0.717) is 0 Å². The maximum Gasteiger partial charge on any atom is 0.573 e. The third-order valence-electron chi connectivity index (χ3n) is 1.66. The molecule has 0 aliphatic heterocycles. The molecule has 2 nitrogen and oxygen atoms in total. The topological polar surface area (TPSA) is 22.1 Å². The zero-order chi connectivity index (χ0) is 12.5. The molecule has 1 aromatic heterocycles. The number of aromatic nitrogens is 1. The molecule has 16 heavy (non-hydrogen) atoms. The third-order valence-corrected chi connectivity index (χ3v) is 2.43. The molecule has 1 rings (SSSR count). The van der Waals surface area contributed by atoms with Gasteiger partial charge in [-0.1, -0.05) is 0 Å². The minimum absolute atomic E-state index is 0.115. The molecule has 0 N–H and O–H groups in total. The highest BCUT2D eigenvalue weighted by Crippen LogP contribution is 2.37. The van der Waals surface area contributed by atoms with Crippen molar-refractivity contribution in [3.05, 3.63) is 21.0 Å². The fourth-order valence-corrected chi connectivity index (χ4v) is 1.59. The number of pyridine rings is 1. The first-order valence-electron chi connectivity index (χ1n) is 3.91. The minimum atomic E-state index is -5.00. The van der Waals surface area contributed by atoms with Gasteiger partial charge in [-0.15, -0.1) is 13.2 Å². The van der Waals surface area contributed by atoms with E-state index in [2.05, 4.69) is 9.72 Å². The molecule has 0 atom stereocenters. The average Bonchev–Trinajstić information content (AvgIpc) is 2.08. The van der Waals surface area contributed by atoms with Crippen molar-refractivity contribution < 1.29 is 26.7 Å². The van der Waals surface area contributed by atoms with Gasteiger partial charge in [0.25, 0.3) is 6.43 Å². The van der Waals surface area contributed by atoms with Crippen molar-refractivity contribution in [2.45, 2.75) is 19.7 Å². The molecule has 0 fully saturated rings. The van der Waals surface area contributed by atoms with Crippen molar-refractivity contribution in [3.63, 3.8) is 0 Å². The fraction of sp³-hybridized carbons (Fsp3) is 0.375. The quantitative estimate of drug-likeness (QED) is 0.596. The maximum absolute atomic E-state index is 12.6. The van der Waals surface area contributed by atoms with Crippen LogP contribution in [-0.2, 0) is 0 Å². The largest absolute Gasteiger partial charge is 0.573 e. The van der Waals surface area contributed by atoms with Crippen LogP contribution in [0.15, 0.2) is 6.20 Å². The Kier molecular flexibility index (Phi) is 3.92. The van der Waals surface area contributed by atoms with Gasteiger partial charge in [0.1, 0.15) is 0 Å². The third kappa shape index (κ3) is 3.16. The molecule has 0 aromatic carbocycles. The van der Waals surface area contributed by atoms with Crippen LogP contribution < -0.4 is 4.74 Å². The highest BCUT2D eigenvalue weighted by atomic mass is 127. The Morgan fingerprint density at radius 3 is 2.38 bits per heavy atom. The summed E-state index contributed by atoms with van der Waals surface area (Å²) in [7, 11) is 0. The van der Waals surface area contributed by atoms with Crippen LogP contribution in [0.4, 0.5) is 22.0 Å². The summed E-state index contributed by atoms with van der Waals surface area (Å²) in [6.07, 6.45) is -7.03. The van der Waals surface area contributed by atoms with Crippen LogP contribution in [0.2, 0.25) is 0 Å². The lowest BCUT2D eigenvalue weighted by Gasteiger charge is -2.15. The number of halogens is 6. The summed E-state index contributed by atoms with van der Waals surface area (Å²) in [6.45, 7) is 1.20. The fourth-order valence-electron chi connectivity index (χ4n) is 1.05. The van der Waals surface area contributed by atoms with Crippen LogP contribution in [0.1, 0.15) is 17.7 Å². The summed E-state index contributed by atoms with van der Waals surface area (Å²) in [6, 6.07) is 0. The van der Waals surface area contributed by atoms with Gasteiger partial charge < -0.3 is 4.74 Å². The predicted octanol–water partition coefficient (Wildman–Crippen LogP) is 3.83. The molecule has 1 aromatic rings. The Hall–Kier alpha value is -0.670. The number of hydrogen-bond acceptors (Lipinski definition) is 2. The van der Waals surface area contributed by atoms with Gasteiger partial charge in [-0.25, -0.2) is 8.78 Å². The van der Waals surface area contributed by atoms with Gasteiger partial charge in [0.15, 0.2) is 5.75 Å². The molecule has 8 heteroatoms. The Bertz CT molecular complexity index is 393. The molecule has 0 radical (unpaired) electrons. The van der Waals surface area contributed by atoms with E-state index in [4.69, 9.17) is 0 Å². The number of hydrogen-bond donors (Lipinski definition) is 0. The Balaban J connectivity index is 3.29. The molecule has 0 saturated carbocycles. The van der Waals surface area contributed by atoms with Gasteiger partial charge in [0.05, 0.1) is 9.13 Å². The molecule has 0 unspecified atom stereocenters. The highest BCUT2D eigenvalue weighted by Gasteiger charge is 2.35. The van der Waals surface area contributed by atoms with E-state index in [1.54, 1.807) is 0 Å². The second-order valence-corrected chi connectivity index (χ2v) is 3.95. The summed E-state index contributed by atoms with van der Waals surface area (Å²) >= 11 is 1.46. The van der Waals surface area contributed by atoms with E-state index in [1.807, 2.05) is 0 Å². The van der Waals surface area contributed by atoms with Gasteiger partial charge in [-0.2, -0.15) is 0 Å². The molecular formula is C8H5F5INO. The van der Waals surface area contributed by atoms with Crippen molar-refractivity contribution in [3.8, 4) is 5.75 Å². The van der Waals surface area contributed by atoms with Crippen LogP contribution in [0.3, 0.4) is 0 Å². The maximum atomic E-state index is 12.6. The number of ether oxygens (including phenoxy) is 1. The number of aryl methyl sites for hydroxylation is 1. The number of rotatable bonds is 2. The number of nitrogens with zero attached hydrogens (tertiary/aromatic N) is 1. The van der Waals surface area contributed by atoms with Gasteiger partial charge in [0, 0.05) is 11.9 Å². The van der Waals surface area contributed by atoms with Gasteiger partial charge in [-0.3, -0.25) is 4.98 Å². The Morgan fingerprint density at radius 2 is 1.94 bits per heavy atom. The van der Waals surface area contributed by atoms with Gasteiger partial charge >= 0.3 is 6.36 Å². The molecule has 0 aliphatic rings. The van der Waals surface area contributed by atoms with Crippen molar-refractivity contribution in [2.24, 2.45) is 0 Å². The zero-order valence-corrected chi connectivity index (χ0v) is 9.94. The molecule has 0 saturated heterocycles. The minimum Gasteiger partial charge on any atom is -0.404 e. The van der Waals surface area contributed by atoms with Gasteiger partial charge in [-0.05, 0) is 29.5 Å². The molecular weight excluding hydrogens is 348 g/mol. The molecule has 90 valence electrons. The average molecular weight is 353 g/mol. The summed E-state index contributed by atoms with van der Waals surface area (Å²) < 4.78 is 64.6. The molecule has 0 bridgehead atoms. The van der Waals surface area contributed by atoms with Crippen LogP contribution in [0.5, 0.6) is 5.75 Å². The second kappa shape index (κ2) is 4.68. The second-order valence-electron chi connectivity index (χ2n) is 2.78. The predicted molar refractivity (Wildman–Crippen MR) is 53.3 cm³/mol. The smallest absolute Gasteiger partial charge is 0.404 e. The molecule has 1 heterocycles. The summed E-state index contributed by atoms with van der Waals surface area (Å²) in [5.41, 5.74) is -1.01. The summed E-state index contributed by atoms with van der Waals surface area (Å²) in [5, 5.41) is 0. The van der Waals surface area contributed by atoms with Crippen LogP contribution in [0.25, 0.3) is 0 Å². The lowest BCUT2D eigenvalue weighted by Crippen LogP contribution is -2.19. The lowest BCUT2D eigenvalue weighted by molar-refractivity contribution is -0.275. The van der Waals surface area contributed by atoms with E-state index in [-0.39, 0.29) is 9.26 Å². The lowest BCUT2D eigenvalue weighted by atomic mass is 10.2.